The van der Waals surface area contributed by atoms with Gasteiger partial charge in [0.1, 0.15) is 5.39 Å². The van der Waals surface area contributed by atoms with Crippen molar-refractivity contribution in [2.24, 2.45) is 0 Å². The lowest BCUT2D eigenvalue weighted by molar-refractivity contribution is 0.265. The highest BCUT2D eigenvalue weighted by atomic mass is 16.1. The molecule has 3 N–H and O–H groups in total. The molecule has 126 valence electrons. The molecule has 1 aromatic carbocycles. The normalized spacial score (nSPS) is 11.5. The van der Waals surface area contributed by atoms with E-state index in [1.165, 1.54) is 17.3 Å². The van der Waals surface area contributed by atoms with E-state index in [0.29, 0.717) is 29.6 Å². The molecule has 2 aromatic heterocycles. The highest BCUT2D eigenvalue weighted by molar-refractivity contribution is 5.73. The van der Waals surface area contributed by atoms with Crippen LogP contribution in [0.15, 0.2) is 35.3 Å². The summed E-state index contributed by atoms with van der Waals surface area (Å²) >= 11 is 0. The van der Waals surface area contributed by atoms with Crippen LogP contribution in [0.2, 0.25) is 0 Å². The first kappa shape index (κ1) is 16.2. The van der Waals surface area contributed by atoms with Crippen molar-refractivity contribution in [3.8, 4) is 0 Å². The maximum atomic E-state index is 12.0. The lowest BCUT2D eigenvalue weighted by atomic mass is 10.1. The van der Waals surface area contributed by atoms with Gasteiger partial charge in [-0.25, -0.2) is 0 Å². The predicted molar refractivity (Wildman–Crippen MR) is 94.9 cm³/mol. The summed E-state index contributed by atoms with van der Waals surface area (Å²) < 4.78 is 0. The Bertz CT molecular complexity index is 882. The van der Waals surface area contributed by atoms with Gasteiger partial charge in [-0.2, -0.15) is 10.1 Å². The van der Waals surface area contributed by atoms with Crippen molar-refractivity contribution in [3.63, 3.8) is 0 Å². The van der Waals surface area contributed by atoms with Gasteiger partial charge in [0, 0.05) is 19.1 Å². The molecule has 0 bridgehead atoms. The molecule has 3 rings (SSSR count). The monoisotopic (exact) mass is 326 g/mol. The molecular formula is C17H22N6O. The van der Waals surface area contributed by atoms with Crippen molar-refractivity contribution < 1.29 is 0 Å². The number of aromatic amines is 2. The zero-order valence-electron chi connectivity index (χ0n) is 14.1. The average Bonchev–Trinajstić information content (AvgIpc) is 3.03. The Labute approximate surface area is 140 Å². The molecule has 0 atom stereocenters. The average molecular weight is 326 g/mol. The molecule has 0 spiro atoms. The summed E-state index contributed by atoms with van der Waals surface area (Å²) in [5.41, 5.74) is 2.71. The number of hydrogen-bond donors (Lipinski definition) is 3. The topological polar surface area (TPSA) is 89.7 Å². The molecule has 2 heterocycles. The zero-order chi connectivity index (χ0) is 17.1. The summed E-state index contributed by atoms with van der Waals surface area (Å²) in [6.45, 7) is 5.81. The Morgan fingerprint density at radius 2 is 2.00 bits per heavy atom. The van der Waals surface area contributed by atoms with Crippen LogP contribution in [-0.4, -0.2) is 38.2 Å². The highest BCUT2D eigenvalue weighted by Gasteiger charge is 2.09. The fraction of sp³-hybridized carbons (Fsp3) is 0.353. The van der Waals surface area contributed by atoms with E-state index in [9.17, 15) is 4.79 Å². The third kappa shape index (κ3) is 3.46. The number of nitrogens with one attached hydrogen (secondary N) is 3. The maximum Gasteiger partial charge on any atom is 0.263 e. The van der Waals surface area contributed by atoms with Gasteiger partial charge in [0.05, 0.1) is 6.20 Å². The molecule has 3 aromatic rings. The van der Waals surface area contributed by atoms with Crippen LogP contribution in [0, 0.1) is 0 Å². The van der Waals surface area contributed by atoms with Crippen molar-refractivity contribution >= 4 is 17.0 Å². The van der Waals surface area contributed by atoms with Crippen LogP contribution in [0.1, 0.15) is 25.0 Å². The maximum absolute atomic E-state index is 12.0. The summed E-state index contributed by atoms with van der Waals surface area (Å²) in [6, 6.07) is 8.76. The SMILES string of the molecule is CC(C)N(C)Cc1ccccc1CNc1nc2[nH]ncc2c(=O)[nH]1. The number of nitrogens with zero attached hydrogens (tertiary/aromatic N) is 3. The van der Waals surface area contributed by atoms with E-state index < -0.39 is 0 Å². The molecule has 0 fully saturated rings. The van der Waals surface area contributed by atoms with Crippen LogP contribution in [0.3, 0.4) is 0 Å². The number of hydrogen-bond acceptors (Lipinski definition) is 5. The minimum atomic E-state index is -0.205. The van der Waals surface area contributed by atoms with E-state index in [4.69, 9.17) is 0 Å². The largest absolute Gasteiger partial charge is 0.352 e. The van der Waals surface area contributed by atoms with Crippen LogP contribution in [-0.2, 0) is 13.1 Å². The number of benzene rings is 1. The molecule has 0 saturated heterocycles. The van der Waals surface area contributed by atoms with Crippen molar-refractivity contribution in [2.75, 3.05) is 12.4 Å². The van der Waals surface area contributed by atoms with E-state index >= 15 is 0 Å². The Morgan fingerprint density at radius 3 is 2.75 bits per heavy atom. The smallest absolute Gasteiger partial charge is 0.263 e. The van der Waals surface area contributed by atoms with Gasteiger partial charge in [0.25, 0.3) is 5.56 Å². The second kappa shape index (κ2) is 6.84. The van der Waals surface area contributed by atoms with Gasteiger partial charge in [-0.15, -0.1) is 0 Å². The van der Waals surface area contributed by atoms with Gasteiger partial charge < -0.3 is 5.32 Å². The number of H-pyrrole nitrogens is 2. The third-order valence-corrected chi connectivity index (χ3v) is 4.19. The van der Waals surface area contributed by atoms with Gasteiger partial charge in [0.2, 0.25) is 5.95 Å². The molecule has 0 unspecified atom stereocenters. The molecule has 0 aliphatic carbocycles. The molecule has 0 aliphatic rings. The molecule has 0 saturated carbocycles. The van der Waals surface area contributed by atoms with E-state index in [-0.39, 0.29) is 5.56 Å². The number of fused-ring (bicyclic) bond motifs is 1. The van der Waals surface area contributed by atoms with Crippen LogP contribution in [0.4, 0.5) is 5.95 Å². The van der Waals surface area contributed by atoms with Crippen molar-refractivity contribution in [1.29, 1.82) is 0 Å². The molecule has 0 radical (unpaired) electrons. The molecule has 7 nitrogen and oxygen atoms in total. The highest BCUT2D eigenvalue weighted by Crippen LogP contribution is 2.14. The lowest BCUT2D eigenvalue weighted by Crippen LogP contribution is -2.26. The van der Waals surface area contributed by atoms with Crippen LogP contribution >= 0.6 is 0 Å². The van der Waals surface area contributed by atoms with E-state index in [1.54, 1.807) is 0 Å². The fourth-order valence-corrected chi connectivity index (χ4v) is 2.44. The summed E-state index contributed by atoms with van der Waals surface area (Å²) in [6.07, 6.45) is 1.47. The van der Waals surface area contributed by atoms with Gasteiger partial charge in [0.15, 0.2) is 5.65 Å². The van der Waals surface area contributed by atoms with Gasteiger partial charge in [-0.3, -0.25) is 19.8 Å². The van der Waals surface area contributed by atoms with E-state index in [0.717, 1.165) is 6.54 Å². The van der Waals surface area contributed by atoms with Gasteiger partial charge in [-0.05, 0) is 32.0 Å². The second-order valence-electron chi connectivity index (χ2n) is 6.18. The Morgan fingerprint density at radius 1 is 1.25 bits per heavy atom. The lowest BCUT2D eigenvalue weighted by Gasteiger charge is -2.22. The van der Waals surface area contributed by atoms with Crippen LogP contribution < -0.4 is 10.9 Å². The van der Waals surface area contributed by atoms with Crippen molar-refractivity contribution in [2.45, 2.75) is 33.0 Å². The van der Waals surface area contributed by atoms with Crippen LogP contribution in [0.5, 0.6) is 0 Å². The Balaban J connectivity index is 1.77. The number of anilines is 1. The molecule has 0 amide bonds. The summed E-state index contributed by atoms with van der Waals surface area (Å²) in [5.74, 6) is 0.434. The van der Waals surface area contributed by atoms with Crippen LogP contribution in [0.25, 0.3) is 11.0 Å². The first-order valence-corrected chi connectivity index (χ1v) is 7.99. The number of aromatic nitrogens is 4. The molecule has 7 heteroatoms. The molecular weight excluding hydrogens is 304 g/mol. The second-order valence-corrected chi connectivity index (χ2v) is 6.18. The van der Waals surface area contributed by atoms with Crippen molar-refractivity contribution in [3.05, 3.63) is 51.9 Å². The summed E-state index contributed by atoms with van der Waals surface area (Å²) in [4.78, 5) is 21.3. The minimum absolute atomic E-state index is 0.205. The minimum Gasteiger partial charge on any atom is -0.352 e. The summed E-state index contributed by atoms with van der Waals surface area (Å²) in [7, 11) is 2.11. The number of rotatable bonds is 6. The molecule has 0 aliphatic heterocycles. The van der Waals surface area contributed by atoms with Crippen molar-refractivity contribution in [1.82, 2.24) is 25.1 Å². The van der Waals surface area contributed by atoms with E-state index in [1.807, 2.05) is 12.1 Å². The Hall–Kier alpha value is -2.67. The van der Waals surface area contributed by atoms with Gasteiger partial charge in [-0.1, -0.05) is 24.3 Å². The van der Waals surface area contributed by atoms with E-state index in [2.05, 4.69) is 63.4 Å². The Kier molecular flexibility index (Phi) is 4.61. The zero-order valence-corrected chi connectivity index (χ0v) is 14.1. The quantitative estimate of drug-likeness (QED) is 0.645. The van der Waals surface area contributed by atoms with Gasteiger partial charge >= 0.3 is 0 Å². The third-order valence-electron chi connectivity index (χ3n) is 4.19. The fourth-order valence-electron chi connectivity index (χ4n) is 2.44. The predicted octanol–water partition coefficient (Wildman–Crippen LogP) is 2.10. The standard InChI is InChI=1S/C17H22N6O/c1-11(2)23(3)10-13-7-5-4-6-12(13)8-18-17-20-15-14(9-19-22-15)16(24)21-17/h4-7,9,11H,8,10H2,1-3H3,(H3,18,19,20,21,22,24). The first-order valence-electron chi connectivity index (χ1n) is 7.99. The first-order chi connectivity index (χ1) is 11.5. The summed E-state index contributed by atoms with van der Waals surface area (Å²) in [5, 5.41) is 10.2. The molecule has 24 heavy (non-hydrogen) atoms.